The van der Waals surface area contributed by atoms with Gasteiger partial charge in [0, 0.05) is 6.42 Å². The number of imidazole rings is 1. The van der Waals surface area contributed by atoms with Crippen LogP contribution in [0.3, 0.4) is 0 Å². The highest BCUT2D eigenvalue weighted by Gasteiger charge is 2.48. The lowest BCUT2D eigenvalue weighted by Crippen LogP contribution is -2.27. The van der Waals surface area contributed by atoms with Crippen molar-refractivity contribution in [1.82, 2.24) is 19.5 Å². The van der Waals surface area contributed by atoms with Crippen molar-refractivity contribution in [3.05, 3.63) is 16.7 Å². The zero-order valence-corrected chi connectivity index (χ0v) is 11.6. The lowest BCUT2D eigenvalue weighted by atomic mass is 10.00. The second-order valence-electron chi connectivity index (χ2n) is 5.52. The highest BCUT2D eigenvalue weighted by Crippen LogP contribution is 2.42. The smallest absolute Gasteiger partial charge is 0.280 e. The Morgan fingerprint density at radius 1 is 1.71 bits per heavy atom. The summed E-state index contributed by atoms with van der Waals surface area (Å²) in [6, 6.07) is 0. The molecule has 2 aromatic heterocycles. The molecule has 4 atom stereocenters. The SMILES string of the molecule is CC(O)[C@@H]1C[C@@](C)(F)[C@H](n2cnc3c(=O)[nH]c(N)nc32)O1. The number of aromatic amines is 1. The molecule has 1 saturated heterocycles. The molecule has 1 aliphatic heterocycles. The normalized spacial score (nSPS) is 30.9. The average molecular weight is 297 g/mol. The first-order chi connectivity index (χ1) is 9.79. The van der Waals surface area contributed by atoms with Gasteiger partial charge in [-0.2, -0.15) is 4.98 Å². The van der Waals surface area contributed by atoms with Gasteiger partial charge in [0.05, 0.1) is 18.5 Å². The lowest BCUT2D eigenvalue weighted by Gasteiger charge is -2.22. The van der Waals surface area contributed by atoms with Gasteiger partial charge in [0.15, 0.2) is 23.1 Å². The number of fused-ring (bicyclic) bond motifs is 1. The van der Waals surface area contributed by atoms with E-state index in [1.165, 1.54) is 24.7 Å². The van der Waals surface area contributed by atoms with Crippen LogP contribution in [-0.2, 0) is 4.74 Å². The quantitative estimate of drug-likeness (QED) is 0.723. The second-order valence-corrected chi connectivity index (χ2v) is 5.52. The first kappa shape index (κ1) is 14.0. The number of nitrogen functional groups attached to an aromatic ring is 1. The van der Waals surface area contributed by atoms with Crippen molar-refractivity contribution in [2.75, 3.05) is 5.73 Å². The molecule has 114 valence electrons. The summed E-state index contributed by atoms with van der Waals surface area (Å²) < 4.78 is 21.7. The van der Waals surface area contributed by atoms with Crippen LogP contribution in [0.15, 0.2) is 11.1 Å². The molecule has 1 unspecified atom stereocenters. The van der Waals surface area contributed by atoms with Crippen LogP contribution >= 0.6 is 0 Å². The van der Waals surface area contributed by atoms with E-state index in [2.05, 4.69) is 15.0 Å². The molecular weight excluding hydrogens is 281 g/mol. The highest BCUT2D eigenvalue weighted by atomic mass is 19.1. The van der Waals surface area contributed by atoms with E-state index in [1.807, 2.05) is 0 Å². The summed E-state index contributed by atoms with van der Waals surface area (Å²) in [7, 11) is 0. The molecule has 0 aliphatic carbocycles. The highest BCUT2D eigenvalue weighted by molar-refractivity contribution is 5.70. The van der Waals surface area contributed by atoms with Crippen LogP contribution in [0.1, 0.15) is 26.5 Å². The number of aromatic nitrogens is 4. The average Bonchev–Trinajstić information content (AvgIpc) is 2.89. The predicted octanol–water partition coefficient (Wildman–Crippen LogP) is 0.0983. The molecule has 2 aromatic rings. The summed E-state index contributed by atoms with van der Waals surface area (Å²) in [5.41, 5.74) is 3.49. The molecule has 3 rings (SSSR count). The maximum Gasteiger partial charge on any atom is 0.280 e. The Morgan fingerprint density at radius 3 is 3.05 bits per heavy atom. The van der Waals surface area contributed by atoms with Crippen LogP contribution < -0.4 is 11.3 Å². The molecule has 21 heavy (non-hydrogen) atoms. The first-order valence-corrected chi connectivity index (χ1v) is 6.54. The molecule has 1 fully saturated rings. The van der Waals surface area contributed by atoms with Crippen molar-refractivity contribution in [2.24, 2.45) is 0 Å². The number of nitrogens with zero attached hydrogens (tertiary/aromatic N) is 3. The van der Waals surface area contributed by atoms with Crippen LogP contribution in [0.4, 0.5) is 10.3 Å². The Kier molecular flexibility index (Phi) is 2.99. The zero-order chi connectivity index (χ0) is 15.4. The van der Waals surface area contributed by atoms with Crippen LogP contribution in [0, 0.1) is 0 Å². The van der Waals surface area contributed by atoms with Gasteiger partial charge in [-0.15, -0.1) is 0 Å². The van der Waals surface area contributed by atoms with E-state index in [4.69, 9.17) is 10.5 Å². The van der Waals surface area contributed by atoms with E-state index < -0.39 is 29.7 Å². The topological polar surface area (TPSA) is 119 Å². The van der Waals surface area contributed by atoms with Crippen LogP contribution in [0.2, 0.25) is 0 Å². The Labute approximate surface area is 118 Å². The summed E-state index contributed by atoms with van der Waals surface area (Å²) in [6.45, 7) is 2.92. The number of nitrogens with two attached hydrogens (primary N) is 1. The van der Waals surface area contributed by atoms with Gasteiger partial charge in [0.2, 0.25) is 5.95 Å². The molecular formula is C12H16FN5O3. The fourth-order valence-corrected chi connectivity index (χ4v) is 2.60. The van der Waals surface area contributed by atoms with Crippen molar-refractivity contribution in [3.8, 4) is 0 Å². The van der Waals surface area contributed by atoms with Gasteiger partial charge < -0.3 is 15.6 Å². The molecule has 1 aliphatic rings. The number of aliphatic hydroxyl groups is 1. The Balaban J connectivity index is 2.10. The maximum atomic E-state index is 14.7. The molecule has 0 saturated carbocycles. The minimum Gasteiger partial charge on any atom is -0.391 e. The minimum absolute atomic E-state index is 0.0354. The maximum absolute atomic E-state index is 14.7. The number of hydrogen-bond donors (Lipinski definition) is 3. The fourth-order valence-electron chi connectivity index (χ4n) is 2.60. The number of ether oxygens (including phenoxy) is 1. The molecule has 8 nitrogen and oxygen atoms in total. The third kappa shape index (κ3) is 2.18. The second kappa shape index (κ2) is 4.50. The summed E-state index contributed by atoms with van der Waals surface area (Å²) in [6.07, 6.45) is -1.15. The van der Waals surface area contributed by atoms with Crippen molar-refractivity contribution in [3.63, 3.8) is 0 Å². The summed E-state index contributed by atoms with van der Waals surface area (Å²) in [5.74, 6) is -0.0834. The fraction of sp³-hybridized carbons (Fsp3) is 0.583. The number of nitrogens with one attached hydrogen (secondary N) is 1. The monoisotopic (exact) mass is 297 g/mol. The van der Waals surface area contributed by atoms with Gasteiger partial charge >= 0.3 is 0 Å². The van der Waals surface area contributed by atoms with Crippen molar-refractivity contribution >= 4 is 17.1 Å². The van der Waals surface area contributed by atoms with Gasteiger partial charge in [0.25, 0.3) is 5.56 Å². The van der Waals surface area contributed by atoms with Gasteiger partial charge in [-0.3, -0.25) is 14.3 Å². The van der Waals surface area contributed by atoms with Gasteiger partial charge in [0.1, 0.15) is 0 Å². The molecule has 4 N–H and O–H groups in total. The van der Waals surface area contributed by atoms with E-state index in [-0.39, 0.29) is 23.5 Å². The Hall–Kier alpha value is -2.00. The number of aliphatic hydroxyl groups excluding tert-OH is 1. The number of anilines is 1. The van der Waals surface area contributed by atoms with Gasteiger partial charge in [-0.1, -0.05) is 0 Å². The van der Waals surface area contributed by atoms with Gasteiger partial charge in [-0.25, -0.2) is 9.37 Å². The van der Waals surface area contributed by atoms with E-state index in [0.29, 0.717) is 0 Å². The number of rotatable bonds is 2. The van der Waals surface area contributed by atoms with Crippen molar-refractivity contribution in [2.45, 2.75) is 44.4 Å². The molecule has 0 aromatic carbocycles. The molecule has 0 amide bonds. The van der Waals surface area contributed by atoms with E-state index in [1.54, 1.807) is 0 Å². The largest absolute Gasteiger partial charge is 0.391 e. The standard InChI is InChI=1S/C12H16FN5O3/c1-5(19)6-3-12(2,13)10(21-6)18-4-15-7-8(18)16-11(14)17-9(7)20/h4-6,10,19H,3H2,1-2H3,(H3,14,16,17,20)/t5?,6-,10+,12+/m0/s1. The molecule has 0 radical (unpaired) electrons. The van der Waals surface area contributed by atoms with E-state index in [9.17, 15) is 14.3 Å². The van der Waals surface area contributed by atoms with E-state index in [0.717, 1.165) is 0 Å². The van der Waals surface area contributed by atoms with Crippen molar-refractivity contribution < 1.29 is 14.2 Å². The third-order valence-corrected chi connectivity index (χ3v) is 3.66. The minimum atomic E-state index is -1.73. The molecule has 9 heteroatoms. The lowest BCUT2D eigenvalue weighted by molar-refractivity contribution is -0.0752. The Morgan fingerprint density at radius 2 is 2.43 bits per heavy atom. The summed E-state index contributed by atoms with van der Waals surface area (Å²) in [4.78, 5) is 22.0. The molecule has 0 spiro atoms. The number of alkyl halides is 1. The van der Waals surface area contributed by atoms with Crippen LogP contribution in [-0.4, -0.2) is 42.5 Å². The molecule has 0 bridgehead atoms. The Bertz CT molecular complexity index is 738. The zero-order valence-electron chi connectivity index (χ0n) is 11.6. The third-order valence-electron chi connectivity index (χ3n) is 3.66. The predicted molar refractivity (Wildman–Crippen MR) is 72.3 cm³/mol. The van der Waals surface area contributed by atoms with Gasteiger partial charge in [-0.05, 0) is 13.8 Å². The number of H-pyrrole nitrogens is 1. The number of hydrogen-bond acceptors (Lipinski definition) is 6. The van der Waals surface area contributed by atoms with E-state index >= 15 is 0 Å². The summed E-state index contributed by atoms with van der Waals surface area (Å²) >= 11 is 0. The summed E-state index contributed by atoms with van der Waals surface area (Å²) in [5, 5.41) is 9.59. The van der Waals surface area contributed by atoms with Crippen LogP contribution in [0.25, 0.3) is 11.2 Å². The number of halogens is 1. The first-order valence-electron chi connectivity index (χ1n) is 6.54. The molecule has 3 heterocycles. The van der Waals surface area contributed by atoms with Crippen molar-refractivity contribution in [1.29, 1.82) is 0 Å². The van der Waals surface area contributed by atoms with Crippen LogP contribution in [0.5, 0.6) is 0 Å².